The number of aryl methyl sites for hydroxylation is 1. The van der Waals surface area contributed by atoms with E-state index in [2.05, 4.69) is 25.6 Å². The summed E-state index contributed by atoms with van der Waals surface area (Å²) in [6, 6.07) is 9.60. The SMILES string of the molecule is Cc1n[nH]c(=S)n(/N=C/c2sc(Nc3ccccc3)nc2Cl)c1=O. The molecule has 3 rings (SSSR count). The topological polar surface area (TPSA) is 88.0 Å². The van der Waals surface area contributed by atoms with Gasteiger partial charge in [0.2, 0.25) is 4.77 Å². The molecule has 2 aromatic heterocycles. The molecule has 2 N–H and O–H groups in total. The van der Waals surface area contributed by atoms with Gasteiger partial charge in [-0.05, 0) is 31.3 Å². The van der Waals surface area contributed by atoms with E-state index in [-0.39, 0.29) is 15.6 Å². The summed E-state index contributed by atoms with van der Waals surface area (Å²) in [5.74, 6) is 0. The average molecular weight is 379 g/mol. The Morgan fingerprint density at radius 1 is 1.42 bits per heavy atom. The fraction of sp³-hybridized carbons (Fsp3) is 0.0714. The Kier molecular flexibility index (Phi) is 4.84. The molecule has 0 amide bonds. The highest BCUT2D eigenvalue weighted by Gasteiger charge is 2.08. The minimum absolute atomic E-state index is 0.102. The Morgan fingerprint density at radius 3 is 2.92 bits per heavy atom. The molecule has 0 spiro atoms. The van der Waals surface area contributed by atoms with Crippen LogP contribution < -0.4 is 10.9 Å². The van der Waals surface area contributed by atoms with E-state index in [4.69, 9.17) is 23.8 Å². The second-order valence-electron chi connectivity index (χ2n) is 4.64. The summed E-state index contributed by atoms with van der Waals surface area (Å²) in [7, 11) is 0. The first-order chi connectivity index (χ1) is 11.5. The fourth-order valence-electron chi connectivity index (χ4n) is 1.78. The maximum atomic E-state index is 12.0. The number of nitrogens with zero attached hydrogens (tertiary/aromatic N) is 4. The minimum Gasteiger partial charge on any atom is -0.331 e. The minimum atomic E-state index is -0.390. The summed E-state index contributed by atoms with van der Waals surface area (Å²) in [4.78, 5) is 16.8. The number of rotatable bonds is 4. The Bertz CT molecular complexity index is 1010. The molecular weight excluding hydrogens is 368 g/mol. The summed E-state index contributed by atoms with van der Waals surface area (Å²) in [5, 5.41) is 14.5. The molecule has 1 aromatic carbocycles. The zero-order valence-electron chi connectivity index (χ0n) is 12.4. The molecule has 0 radical (unpaired) electrons. The van der Waals surface area contributed by atoms with E-state index in [1.807, 2.05) is 30.3 Å². The van der Waals surface area contributed by atoms with Gasteiger partial charge in [0.1, 0.15) is 5.69 Å². The highest BCUT2D eigenvalue weighted by molar-refractivity contribution is 7.71. The number of benzene rings is 1. The van der Waals surface area contributed by atoms with Gasteiger partial charge >= 0.3 is 0 Å². The summed E-state index contributed by atoms with van der Waals surface area (Å²) < 4.78 is 1.16. The van der Waals surface area contributed by atoms with Crippen molar-refractivity contribution in [3.63, 3.8) is 0 Å². The van der Waals surface area contributed by atoms with Gasteiger partial charge in [0, 0.05) is 5.69 Å². The van der Waals surface area contributed by atoms with Gasteiger partial charge in [-0.15, -0.1) is 0 Å². The molecule has 0 unspecified atom stereocenters. The van der Waals surface area contributed by atoms with Gasteiger partial charge in [0.15, 0.2) is 10.3 Å². The van der Waals surface area contributed by atoms with Crippen LogP contribution in [0.4, 0.5) is 10.8 Å². The third-order valence-corrected chi connectivity index (χ3v) is 4.51. The standard InChI is InChI=1S/C14H11ClN6OS2/c1-8-12(22)21(14(23)20-19-8)16-7-10-11(15)18-13(24-10)17-9-5-3-2-4-6-9/h2-7H,1H3,(H,17,18)(H,20,23)/b16-7+. The molecule has 10 heteroatoms. The van der Waals surface area contributed by atoms with Gasteiger partial charge in [-0.3, -0.25) is 9.89 Å². The molecule has 24 heavy (non-hydrogen) atoms. The maximum Gasteiger partial charge on any atom is 0.296 e. The van der Waals surface area contributed by atoms with E-state index < -0.39 is 5.56 Å². The second kappa shape index (κ2) is 7.04. The van der Waals surface area contributed by atoms with Crippen molar-refractivity contribution in [2.45, 2.75) is 6.92 Å². The first kappa shape index (κ1) is 16.5. The van der Waals surface area contributed by atoms with E-state index in [0.29, 0.717) is 10.0 Å². The lowest BCUT2D eigenvalue weighted by Crippen LogP contribution is -2.22. The third-order valence-electron chi connectivity index (χ3n) is 2.94. The van der Waals surface area contributed by atoms with Crippen molar-refractivity contribution in [3.8, 4) is 0 Å². The molecule has 0 bridgehead atoms. The fourth-order valence-corrected chi connectivity index (χ4v) is 3.00. The Labute approximate surface area is 150 Å². The molecule has 0 aliphatic rings. The molecule has 0 atom stereocenters. The van der Waals surface area contributed by atoms with Crippen LogP contribution in [0.3, 0.4) is 0 Å². The number of aromatic nitrogens is 4. The molecule has 0 fully saturated rings. The number of hydrogen-bond donors (Lipinski definition) is 2. The molecule has 2 heterocycles. The van der Waals surface area contributed by atoms with Crippen LogP contribution in [0.25, 0.3) is 0 Å². The first-order valence-electron chi connectivity index (χ1n) is 6.75. The molecular formula is C14H11ClN6OS2. The predicted octanol–water partition coefficient (Wildman–Crippen LogP) is 3.35. The Morgan fingerprint density at radius 2 is 2.17 bits per heavy atom. The monoisotopic (exact) mass is 378 g/mol. The van der Waals surface area contributed by atoms with Crippen LogP contribution in [0.1, 0.15) is 10.6 Å². The number of nitrogens with one attached hydrogen (secondary N) is 2. The second-order valence-corrected chi connectivity index (χ2v) is 6.42. The average Bonchev–Trinajstić information content (AvgIpc) is 2.91. The first-order valence-corrected chi connectivity index (χ1v) is 8.36. The highest BCUT2D eigenvalue weighted by Crippen LogP contribution is 2.27. The quantitative estimate of drug-likeness (QED) is 0.537. The van der Waals surface area contributed by atoms with Crippen LogP contribution in [0, 0.1) is 11.7 Å². The lowest BCUT2D eigenvalue weighted by atomic mass is 10.3. The van der Waals surface area contributed by atoms with E-state index in [1.54, 1.807) is 6.92 Å². The van der Waals surface area contributed by atoms with Crippen molar-refractivity contribution in [3.05, 3.63) is 61.2 Å². The van der Waals surface area contributed by atoms with Gasteiger partial charge in [-0.2, -0.15) is 14.9 Å². The van der Waals surface area contributed by atoms with E-state index >= 15 is 0 Å². The number of anilines is 2. The number of aromatic amines is 1. The van der Waals surface area contributed by atoms with Crippen LogP contribution in [0.15, 0.2) is 40.2 Å². The van der Waals surface area contributed by atoms with E-state index in [9.17, 15) is 4.79 Å². The number of para-hydroxylation sites is 1. The molecule has 7 nitrogen and oxygen atoms in total. The van der Waals surface area contributed by atoms with Gasteiger partial charge in [0.05, 0.1) is 11.1 Å². The summed E-state index contributed by atoms with van der Waals surface area (Å²) in [6.07, 6.45) is 1.45. The number of halogens is 1. The summed E-state index contributed by atoms with van der Waals surface area (Å²) in [6.45, 7) is 1.57. The van der Waals surface area contributed by atoms with Crippen LogP contribution in [-0.2, 0) is 0 Å². The number of H-pyrrole nitrogens is 1. The van der Waals surface area contributed by atoms with Crippen molar-refractivity contribution >= 4 is 52.2 Å². The lowest BCUT2D eigenvalue weighted by molar-refractivity contribution is 0.720. The van der Waals surface area contributed by atoms with Gasteiger partial charge in [-0.1, -0.05) is 41.1 Å². The number of hydrogen-bond acceptors (Lipinski definition) is 7. The van der Waals surface area contributed by atoms with Gasteiger partial charge in [-0.25, -0.2) is 4.98 Å². The van der Waals surface area contributed by atoms with Crippen LogP contribution in [-0.4, -0.2) is 26.1 Å². The van der Waals surface area contributed by atoms with Crippen LogP contribution in [0.5, 0.6) is 0 Å². The van der Waals surface area contributed by atoms with Crippen molar-refractivity contribution in [2.24, 2.45) is 5.10 Å². The van der Waals surface area contributed by atoms with E-state index in [1.165, 1.54) is 17.6 Å². The van der Waals surface area contributed by atoms with Crippen molar-refractivity contribution in [1.29, 1.82) is 0 Å². The number of thiazole rings is 1. The van der Waals surface area contributed by atoms with Gasteiger partial charge < -0.3 is 5.32 Å². The highest BCUT2D eigenvalue weighted by atomic mass is 35.5. The molecule has 0 saturated carbocycles. The maximum absolute atomic E-state index is 12.0. The summed E-state index contributed by atoms with van der Waals surface area (Å²) >= 11 is 12.4. The zero-order chi connectivity index (χ0) is 17.1. The normalized spacial score (nSPS) is 11.1. The molecule has 3 aromatic rings. The predicted molar refractivity (Wildman–Crippen MR) is 98.3 cm³/mol. The van der Waals surface area contributed by atoms with Crippen LogP contribution in [0.2, 0.25) is 5.15 Å². The lowest BCUT2D eigenvalue weighted by Gasteiger charge is -2.00. The summed E-state index contributed by atoms with van der Waals surface area (Å²) in [5.41, 5.74) is 0.774. The Balaban J connectivity index is 1.88. The van der Waals surface area contributed by atoms with Crippen molar-refractivity contribution in [1.82, 2.24) is 19.9 Å². The van der Waals surface area contributed by atoms with Crippen molar-refractivity contribution < 1.29 is 0 Å². The Hall–Kier alpha value is -2.36. The third kappa shape index (κ3) is 3.58. The largest absolute Gasteiger partial charge is 0.331 e. The zero-order valence-corrected chi connectivity index (χ0v) is 14.7. The molecule has 0 aliphatic heterocycles. The van der Waals surface area contributed by atoms with Crippen molar-refractivity contribution in [2.75, 3.05) is 5.32 Å². The van der Waals surface area contributed by atoms with E-state index in [0.717, 1.165) is 10.4 Å². The smallest absolute Gasteiger partial charge is 0.296 e. The molecule has 0 aliphatic carbocycles. The van der Waals surface area contributed by atoms with Crippen LogP contribution >= 0.6 is 35.2 Å². The molecule has 0 saturated heterocycles. The van der Waals surface area contributed by atoms with Gasteiger partial charge in [0.25, 0.3) is 5.56 Å². The molecule has 122 valence electrons.